The zero-order chi connectivity index (χ0) is 19.2. The van der Waals surface area contributed by atoms with Crippen LogP contribution in [-0.2, 0) is 4.74 Å². The highest BCUT2D eigenvalue weighted by Crippen LogP contribution is 2.25. The van der Waals surface area contributed by atoms with Crippen LogP contribution in [0.25, 0.3) is 0 Å². The molecular formula is C22H27N3O3. The standard InChI is InChI=1S/C22H27N3O3/c26-22(23-17-21-7-4-16-27-21)25-14-12-24(13-15-25)18-8-10-20(11-9-18)28-19-5-2-1-3-6-19/h1-3,5-6,8-11,21H,4,7,12-17H2,(H,23,26). The van der Waals surface area contributed by atoms with Gasteiger partial charge in [0.25, 0.3) is 0 Å². The Bertz CT molecular complexity index is 752. The summed E-state index contributed by atoms with van der Waals surface area (Å²) in [5, 5.41) is 3.01. The topological polar surface area (TPSA) is 54.0 Å². The van der Waals surface area contributed by atoms with Crippen LogP contribution in [0.2, 0.25) is 0 Å². The van der Waals surface area contributed by atoms with Crippen LogP contribution in [0.5, 0.6) is 11.5 Å². The molecule has 0 radical (unpaired) electrons. The number of amides is 2. The molecule has 0 spiro atoms. The number of hydrogen-bond acceptors (Lipinski definition) is 4. The van der Waals surface area contributed by atoms with E-state index in [4.69, 9.17) is 9.47 Å². The second-order valence-corrected chi connectivity index (χ2v) is 7.20. The monoisotopic (exact) mass is 381 g/mol. The lowest BCUT2D eigenvalue weighted by Crippen LogP contribution is -2.52. The number of urea groups is 1. The number of hydrogen-bond donors (Lipinski definition) is 1. The van der Waals surface area contributed by atoms with E-state index in [9.17, 15) is 4.79 Å². The molecular weight excluding hydrogens is 354 g/mol. The first-order valence-corrected chi connectivity index (χ1v) is 10.0. The average Bonchev–Trinajstić information content (AvgIpc) is 3.27. The first-order valence-electron chi connectivity index (χ1n) is 10.0. The molecule has 0 aromatic heterocycles. The van der Waals surface area contributed by atoms with E-state index in [-0.39, 0.29) is 12.1 Å². The summed E-state index contributed by atoms with van der Waals surface area (Å²) in [6.07, 6.45) is 2.31. The minimum atomic E-state index is 0.0155. The fourth-order valence-electron chi connectivity index (χ4n) is 3.64. The molecule has 1 N–H and O–H groups in total. The Balaban J connectivity index is 1.24. The lowest BCUT2D eigenvalue weighted by molar-refractivity contribution is 0.108. The number of nitrogens with zero attached hydrogens (tertiary/aromatic N) is 2. The van der Waals surface area contributed by atoms with E-state index >= 15 is 0 Å². The Labute approximate surface area is 166 Å². The molecule has 2 saturated heterocycles. The molecule has 2 aromatic rings. The van der Waals surface area contributed by atoms with Crippen LogP contribution in [0.4, 0.5) is 10.5 Å². The van der Waals surface area contributed by atoms with Gasteiger partial charge in [-0.05, 0) is 49.2 Å². The maximum atomic E-state index is 12.3. The lowest BCUT2D eigenvalue weighted by atomic mass is 10.2. The Morgan fingerprint density at radius 3 is 2.39 bits per heavy atom. The highest BCUT2D eigenvalue weighted by Gasteiger charge is 2.23. The summed E-state index contributed by atoms with van der Waals surface area (Å²) >= 11 is 0. The van der Waals surface area contributed by atoms with Gasteiger partial charge in [-0.2, -0.15) is 0 Å². The number of para-hydroxylation sites is 1. The van der Waals surface area contributed by atoms with Gasteiger partial charge < -0.3 is 24.6 Å². The summed E-state index contributed by atoms with van der Waals surface area (Å²) in [4.78, 5) is 16.5. The van der Waals surface area contributed by atoms with Gasteiger partial charge in [0.15, 0.2) is 0 Å². The summed E-state index contributed by atoms with van der Waals surface area (Å²) < 4.78 is 11.4. The van der Waals surface area contributed by atoms with Crippen molar-refractivity contribution >= 4 is 11.7 Å². The minimum Gasteiger partial charge on any atom is -0.457 e. The third-order valence-corrected chi connectivity index (χ3v) is 5.25. The van der Waals surface area contributed by atoms with Crippen LogP contribution in [-0.4, -0.2) is 56.4 Å². The van der Waals surface area contributed by atoms with Crippen molar-refractivity contribution < 1.29 is 14.3 Å². The number of anilines is 1. The molecule has 2 heterocycles. The van der Waals surface area contributed by atoms with E-state index < -0.39 is 0 Å². The average molecular weight is 381 g/mol. The molecule has 4 rings (SSSR count). The quantitative estimate of drug-likeness (QED) is 0.861. The van der Waals surface area contributed by atoms with E-state index in [1.165, 1.54) is 0 Å². The Morgan fingerprint density at radius 2 is 1.71 bits per heavy atom. The van der Waals surface area contributed by atoms with E-state index in [1.54, 1.807) is 0 Å². The van der Waals surface area contributed by atoms with Crippen molar-refractivity contribution in [2.24, 2.45) is 0 Å². The minimum absolute atomic E-state index is 0.0155. The predicted molar refractivity (Wildman–Crippen MR) is 109 cm³/mol. The molecule has 2 fully saturated rings. The van der Waals surface area contributed by atoms with E-state index in [1.807, 2.05) is 47.4 Å². The van der Waals surface area contributed by atoms with Crippen LogP contribution < -0.4 is 15.0 Å². The molecule has 1 atom stereocenters. The second-order valence-electron chi connectivity index (χ2n) is 7.20. The maximum absolute atomic E-state index is 12.3. The predicted octanol–water partition coefficient (Wildman–Crippen LogP) is 3.49. The van der Waals surface area contributed by atoms with Gasteiger partial charge in [-0.1, -0.05) is 18.2 Å². The van der Waals surface area contributed by atoms with Crippen molar-refractivity contribution in [3.8, 4) is 11.5 Å². The summed E-state index contributed by atoms with van der Waals surface area (Å²) in [6, 6.07) is 17.9. The summed E-state index contributed by atoms with van der Waals surface area (Å²) in [5.41, 5.74) is 1.15. The van der Waals surface area contributed by atoms with Crippen LogP contribution in [0.15, 0.2) is 54.6 Å². The molecule has 2 aliphatic heterocycles. The van der Waals surface area contributed by atoms with Crippen molar-refractivity contribution in [2.45, 2.75) is 18.9 Å². The molecule has 2 amide bonds. The van der Waals surface area contributed by atoms with Gasteiger partial charge in [-0.15, -0.1) is 0 Å². The molecule has 0 bridgehead atoms. The molecule has 1 unspecified atom stereocenters. The molecule has 6 nitrogen and oxygen atoms in total. The van der Waals surface area contributed by atoms with Crippen LogP contribution in [0, 0.1) is 0 Å². The molecule has 28 heavy (non-hydrogen) atoms. The van der Waals surface area contributed by atoms with Gasteiger partial charge in [0, 0.05) is 45.0 Å². The molecule has 2 aliphatic rings. The highest BCUT2D eigenvalue weighted by molar-refractivity contribution is 5.74. The molecule has 6 heteroatoms. The number of carbonyl (C=O) groups is 1. The van der Waals surface area contributed by atoms with Crippen molar-refractivity contribution in [3.05, 3.63) is 54.6 Å². The molecule has 148 valence electrons. The number of ether oxygens (including phenoxy) is 2. The fourth-order valence-corrected chi connectivity index (χ4v) is 3.64. The van der Waals surface area contributed by atoms with E-state index in [0.717, 1.165) is 62.8 Å². The number of rotatable bonds is 5. The fraction of sp³-hybridized carbons (Fsp3) is 0.409. The van der Waals surface area contributed by atoms with Gasteiger partial charge in [-0.3, -0.25) is 0 Å². The smallest absolute Gasteiger partial charge is 0.317 e. The normalized spacial score (nSPS) is 19.5. The molecule has 0 saturated carbocycles. The molecule has 2 aromatic carbocycles. The molecule has 0 aliphatic carbocycles. The van der Waals surface area contributed by atoms with Crippen LogP contribution >= 0.6 is 0 Å². The van der Waals surface area contributed by atoms with Gasteiger partial charge in [-0.25, -0.2) is 4.79 Å². The number of carbonyl (C=O) groups excluding carboxylic acids is 1. The summed E-state index contributed by atoms with van der Waals surface area (Å²) in [5.74, 6) is 1.65. The first kappa shape index (κ1) is 18.6. The third-order valence-electron chi connectivity index (χ3n) is 5.25. The maximum Gasteiger partial charge on any atom is 0.317 e. The first-order chi connectivity index (χ1) is 13.8. The Hall–Kier alpha value is -2.73. The van der Waals surface area contributed by atoms with Crippen molar-refractivity contribution in [2.75, 3.05) is 44.2 Å². The van der Waals surface area contributed by atoms with E-state index in [0.29, 0.717) is 6.54 Å². The summed E-state index contributed by atoms with van der Waals surface area (Å²) in [7, 11) is 0. The van der Waals surface area contributed by atoms with Gasteiger partial charge in [0.05, 0.1) is 6.10 Å². The lowest BCUT2D eigenvalue weighted by Gasteiger charge is -2.36. The van der Waals surface area contributed by atoms with Crippen molar-refractivity contribution in [1.82, 2.24) is 10.2 Å². The van der Waals surface area contributed by atoms with Crippen LogP contribution in [0.3, 0.4) is 0 Å². The van der Waals surface area contributed by atoms with Crippen LogP contribution in [0.1, 0.15) is 12.8 Å². The Morgan fingerprint density at radius 1 is 1.00 bits per heavy atom. The van der Waals surface area contributed by atoms with Gasteiger partial charge >= 0.3 is 6.03 Å². The summed E-state index contributed by atoms with van der Waals surface area (Å²) in [6.45, 7) is 4.52. The highest BCUT2D eigenvalue weighted by atomic mass is 16.5. The van der Waals surface area contributed by atoms with E-state index in [2.05, 4.69) is 22.3 Å². The third kappa shape index (κ3) is 4.75. The zero-order valence-corrected chi connectivity index (χ0v) is 16.0. The van der Waals surface area contributed by atoms with Crippen molar-refractivity contribution in [3.63, 3.8) is 0 Å². The van der Waals surface area contributed by atoms with Gasteiger partial charge in [0.1, 0.15) is 11.5 Å². The number of nitrogens with one attached hydrogen (secondary N) is 1. The van der Waals surface area contributed by atoms with Crippen molar-refractivity contribution in [1.29, 1.82) is 0 Å². The zero-order valence-electron chi connectivity index (χ0n) is 16.0. The SMILES string of the molecule is O=C(NCC1CCCO1)N1CCN(c2ccc(Oc3ccccc3)cc2)CC1. The van der Waals surface area contributed by atoms with Gasteiger partial charge in [0.2, 0.25) is 0 Å². The number of piperazine rings is 1. The Kier molecular flexibility index (Phi) is 5.97. The largest absolute Gasteiger partial charge is 0.457 e. The second kappa shape index (κ2) is 8.97. The number of benzene rings is 2.